The van der Waals surface area contributed by atoms with Gasteiger partial charge in [0.15, 0.2) is 0 Å². The average Bonchev–Trinajstić information content (AvgIpc) is 3.22. The van der Waals surface area contributed by atoms with Crippen molar-refractivity contribution in [2.45, 2.75) is 49.5 Å². The summed E-state index contributed by atoms with van der Waals surface area (Å²) < 4.78 is 12.9. The Morgan fingerprint density at radius 2 is 1.86 bits per heavy atom. The molecular formula is C22H28N4O2S. The van der Waals surface area contributed by atoms with Gasteiger partial charge in [-0.15, -0.1) is 0 Å². The summed E-state index contributed by atoms with van der Waals surface area (Å²) in [5.74, 6) is 0. The van der Waals surface area contributed by atoms with Gasteiger partial charge in [-0.3, -0.25) is 9.19 Å². The number of aromatic nitrogens is 1. The highest BCUT2D eigenvalue weighted by Gasteiger charge is 2.25. The van der Waals surface area contributed by atoms with E-state index in [4.69, 9.17) is 0 Å². The number of likely N-dealkylation sites (tertiary alicyclic amines) is 1. The SMILES string of the molecule is CCN1CCC(S(=O)c2ccc(CNC(=O)N3Cc4ccncc4C3)cc2)CC1. The van der Waals surface area contributed by atoms with E-state index < -0.39 is 10.8 Å². The van der Waals surface area contributed by atoms with Crippen molar-refractivity contribution in [2.24, 2.45) is 0 Å². The van der Waals surface area contributed by atoms with E-state index >= 15 is 0 Å². The van der Waals surface area contributed by atoms with Crippen LogP contribution in [0.1, 0.15) is 36.5 Å². The van der Waals surface area contributed by atoms with Gasteiger partial charge in [0, 0.05) is 42.2 Å². The van der Waals surface area contributed by atoms with E-state index in [1.165, 1.54) is 0 Å². The first-order chi connectivity index (χ1) is 14.1. The van der Waals surface area contributed by atoms with Crippen molar-refractivity contribution in [3.8, 4) is 0 Å². The van der Waals surface area contributed by atoms with Crippen LogP contribution in [0.15, 0.2) is 47.6 Å². The van der Waals surface area contributed by atoms with Gasteiger partial charge >= 0.3 is 6.03 Å². The van der Waals surface area contributed by atoms with Crippen molar-refractivity contribution >= 4 is 16.8 Å². The van der Waals surface area contributed by atoms with Gasteiger partial charge in [-0.05, 0) is 67.4 Å². The van der Waals surface area contributed by atoms with Crippen molar-refractivity contribution in [2.75, 3.05) is 19.6 Å². The summed E-state index contributed by atoms with van der Waals surface area (Å²) in [6, 6.07) is 9.72. The maximum atomic E-state index is 12.9. The minimum absolute atomic E-state index is 0.0727. The Bertz CT molecular complexity index is 854. The fraction of sp³-hybridized carbons (Fsp3) is 0.455. The lowest BCUT2D eigenvalue weighted by Gasteiger charge is -2.30. The van der Waals surface area contributed by atoms with E-state index in [0.717, 1.165) is 54.1 Å². The van der Waals surface area contributed by atoms with Crippen LogP contribution < -0.4 is 5.32 Å². The van der Waals surface area contributed by atoms with Crippen LogP contribution in [-0.4, -0.2) is 49.9 Å². The monoisotopic (exact) mass is 412 g/mol. The van der Waals surface area contributed by atoms with Gasteiger partial charge in [0.2, 0.25) is 0 Å². The number of hydrogen-bond acceptors (Lipinski definition) is 4. The molecule has 7 heteroatoms. The summed E-state index contributed by atoms with van der Waals surface area (Å²) in [5, 5.41) is 3.23. The number of carbonyl (C=O) groups excluding carboxylic acids is 1. The average molecular weight is 413 g/mol. The molecule has 2 aliphatic rings. The third kappa shape index (κ3) is 4.67. The first-order valence-electron chi connectivity index (χ1n) is 10.3. The quantitative estimate of drug-likeness (QED) is 0.820. The number of nitrogens with one attached hydrogen (secondary N) is 1. The number of benzene rings is 1. The topological polar surface area (TPSA) is 65.5 Å². The number of hydrogen-bond donors (Lipinski definition) is 1. The third-order valence-electron chi connectivity index (χ3n) is 5.90. The second kappa shape index (κ2) is 9.05. The molecule has 1 aromatic heterocycles. The Kier molecular flexibility index (Phi) is 6.25. The number of pyridine rings is 1. The lowest BCUT2D eigenvalue weighted by molar-refractivity contribution is 0.198. The Morgan fingerprint density at radius 1 is 1.14 bits per heavy atom. The molecule has 1 N–H and O–H groups in total. The summed E-state index contributed by atoms with van der Waals surface area (Å²) in [6.45, 7) is 7.00. The van der Waals surface area contributed by atoms with Crippen LogP contribution in [0.2, 0.25) is 0 Å². The van der Waals surface area contributed by atoms with Gasteiger partial charge in [0.05, 0.1) is 10.8 Å². The number of nitrogens with zero attached hydrogens (tertiary/aromatic N) is 3. The van der Waals surface area contributed by atoms with Crippen LogP contribution in [0.25, 0.3) is 0 Å². The largest absolute Gasteiger partial charge is 0.334 e. The van der Waals surface area contributed by atoms with E-state index in [2.05, 4.69) is 22.1 Å². The Hall–Kier alpha value is -2.25. The molecule has 154 valence electrons. The molecule has 2 amide bonds. The van der Waals surface area contributed by atoms with Crippen LogP contribution in [0.4, 0.5) is 4.79 Å². The van der Waals surface area contributed by atoms with Crippen LogP contribution in [0.5, 0.6) is 0 Å². The fourth-order valence-electron chi connectivity index (χ4n) is 4.03. The Balaban J connectivity index is 1.28. The summed E-state index contributed by atoms with van der Waals surface area (Å²) in [5.41, 5.74) is 3.28. The van der Waals surface area contributed by atoms with Crippen LogP contribution in [0, 0.1) is 0 Å². The van der Waals surface area contributed by atoms with Crippen molar-refractivity contribution in [3.05, 3.63) is 59.4 Å². The summed E-state index contributed by atoms with van der Waals surface area (Å²) >= 11 is 0. The molecule has 1 saturated heterocycles. The normalized spacial score (nSPS) is 18.4. The molecule has 0 saturated carbocycles. The predicted octanol–water partition coefficient (Wildman–Crippen LogP) is 2.90. The van der Waals surface area contributed by atoms with Crippen LogP contribution in [0.3, 0.4) is 0 Å². The first kappa shape index (κ1) is 20.0. The molecule has 29 heavy (non-hydrogen) atoms. The van der Waals surface area contributed by atoms with Crippen LogP contribution >= 0.6 is 0 Å². The van der Waals surface area contributed by atoms with Gasteiger partial charge < -0.3 is 15.1 Å². The minimum Gasteiger partial charge on any atom is -0.334 e. The fourth-order valence-corrected chi connectivity index (χ4v) is 5.45. The molecule has 2 aliphatic heterocycles. The summed E-state index contributed by atoms with van der Waals surface area (Å²) in [4.78, 5) is 21.7. The molecule has 1 unspecified atom stereocenters. The minimum atomic E-state index is -0.961. The molecule has 4 rings (SSSR count). The van der Waals surface area contributed by atoms with E-state index in [1.54, 1.807) is 11.1 Å². The predicted molar refractivity (Wildman–Crippen MR) is 114 cm³/mol. The maximum absolute atomic E-state index is 12.9. The lowest BCUT2D eigenvalue weighted by Crippen LogP contribution is -2.37. The number of urea groups is 1. The van der Waals surface area contributed by atoms with Gasteiger partial charge in [-0.1, -0.05) is 19.1 Å². The molecule has 6 nitrogen and oxygen atoms in total. The molecule has 0 bridgehead atoms. The molecule has 1 fully saturated rings. The zero-order chi connectivity index (χ0) is 20.2. The second-order valence-corrected chi connectivity index (χ2v) is 9.47. The van der Waals surface area contributed by atoms with E-state index in [1.807, 2.05) is 36.5 Å². The molecule has 1 atom stereocenters. The summed E-state index contributed by atoms with van der Waals surface area (Å²) in [7, 11) is -0.961. The van der Waals surface area contributed by atoms with Gasteiger partial charge in [0.25, 0.3) is 0 Å². The standard InChI is InChI=1S/C22H28N4O2S/c1-2-25-11-8-21(9-12-25)29(28)20-5-3-17(4-6-20)13-24-22(27)26-15-18-7-10-23-14-19(18)16-26/h3-7,10,14,21H,2,8-9,11-13,15-16H2,1H3,(H,24,27). The summed E-state index contributed by atoms with van der Waals surface area (Å²) in [6.07, 6.45) is 5.57. The van der Waals surface area contributed by atoms with E-state index in [9.17, 15) is 9.00 Å². The Morgan fingerprint density at radius 3 is 2.55 bits per heavy atom. The first-order valence-corrected chi connectivity index (χ1v) is 11.5. The van der Waals surface area contributed by atoms with Crippen molar-refractivity contribution in [3.63, 3.8) is 0 Å². The van der Waals surface area contributed by atoms with Crippen molar-refractivity contribution in [1.29, 1.82) is 0 Å². The van der Waals surface area contributed by atoms with Gasteiger partial charge in [-0.2, -0.15) is 0 Å². The van der Waals surface area contributed by atoms with E-state index in [-0.39, 0.29) is 11.3 Å². The molecule has 0 spiro atoms. The number of amides is 2. The van der Waals surface area contributed by atoms with Crippen LogP contribution in [-0.2, 0) is 30.4 Å². The zero-order valence-electron chi connectivity index (χ0n) is 16.8. The number of piperidine rings is 1. The third-order valence-corrected chi connectivity index (χ3v) is 7.71. The number of carbonyl (C=O) groups is 1. The maximum Gasteiger partial charge on any atom is 0.318 e. The smallest absolute Gasteiger partial charge is 0.318 e. The van der Waals surface area contributed by atoms with E-state index in [0.29, 0.717) is 19.6 Å². The number of rotatable bonds is 5. The Labute approximate surface area is 174 Å². The molecule has 1 aromatic carbocycles. The highest BCUT2D eigenvalue weighted by Crippen LogP contribution is 2.22. The lowest BCUT2D eigenvalue weighted by atomic mass is 10.1. The highest BCUT2D eigenvalue weighted by molar-refractivity contribution is 7.85. The highest BCUT2D eigenvalue weighted by atomic mass is 32.2. The van der Waals surface area contributed by atoms with Gasteiger partial charge in [0.1, 0.15) is 0 Å². The van der Waals surface area contributed by atoms with Crippen molar-refractivity contribution < 1.29 is 9.00 Å². The molecule has 0 aliphatic carbocycles. The van der Waals surface area contributed by atoms with Gasteiger partial charge in [-0.25, -0.2) is 4.79 Å². The second-order valence-electron chi connectivity index (χ2n) is 7.73. The van der Waals surface area contributed by atoms with Crippen molar-refractivity contribution in [1.82, 2.24) is 20.1 Å². The molecular weight excluding hydrogens is 384 g/mol. The zero-order valence-corrected chi connectivity index (χ0v) is 17.7. The molecule has 2 aromatic rings. The molecule has 3 heterocycles. The number of fused-ring (bicyclic) bond motifs is 1. The molecule has 0 radical (unpaired) electrons.